The van der Waals surface area contributed by atoms with Crippen molar-refractivity contribution < 1.29 is 4.79 Å². The van der Waals surface area contributed by atoms with E-state index in [4.69, 9.17) is 11.6 Å². The summed E-state index contributed by atoms with van der Waals surface area (Å²) in [5, 5.41) is 6.79. The van der Waals surface area contributed by atoms with Crippen LogP contribution in [0.2, 0.25) is 5.02 Å². The second-order valence-electron chi connectivity index (χ2n) is 6.26. The Morgan fingerprint density at radius 2 is 1.92 bits per heavy atom. The molecule has 1 aromatic heterocycles. The summed E-state index contributed by atoms with van der Waals surface area (Å²) >= 11 is 6.00. The third-order valence-corrected chi connectivity index (χ3v) is 4.46. The van der Waals surface area contributed by atoms with Gasteiger partial charge in [0, 0.05) is 22.4 Å². The fourth-order valence-corrected chi connectivity index (χ4v) is 3.09. The molecular weight excluding hydrogens is 324 g/mol. The Morgan fingerprint density at radius 3 is 2.67 bits per heavy atom. The van der Waals surface area contributed by atoms with Crippen LogP contribution in [0.5, 0.6) is 0 Å². The van der Waals surface area contributed by atoms with Crippen molar-refractivity contribution in [1.29, 1.82) is 0 Å². The summed E-state index contributed by atoms with van der Waals surface area (Å²) in [4.78, 5) is 21.3. The molecule has 1 amide bonds. The first kappa shape index (κ1) is 16.7. The van der Waals surface area contributed by atoms with Crippen LogP contribution in [0.3, 0.4) is 0 Å². The molecule has 0 unspecified atom stereocenters. The number of aromatic nitrogens is 2. The normalized spacial score (nSPS) is 14.6. The second kappa shape index (κ2) is 7.18. The molecule has 0 spiro atoms. The molecule has 1 heterocycles. The number of nitrogens with zero attached hydrogens (tertiary/aromatic N) is 2. The van der Waals surface area contributed by atoms with E-state index < -0.39 is 0 Å². The fraction of sp³-hybridized carbons (Fsp3) is 0.389. The van der Waals surface area contributed by atoms with Crippen LogP contribution in [0.25, 0.3) is 0 Å². The molecule has 0 bridgehead atoms. The average molecular weight is 345 g/mol. The van der Waals surface area contributed by atoms with Gasteiger partial charge in [0.05, 0.1) is 0 Å². The van der Waals surface area contributed by atoms with E-state index in [0.717, 1.165) is 24.1 Å². The van der Waals surface area contributed by atoms with Crippen LogP contribution < -0.4 is 10.6 Å². The van der Waals surface area contributed by atoms with E-state index in [1.807, 2.05) is 19.9 Å². The van der Waals surface area contributed by atoms with Crippen molar-refractivity contribution >= 4 is 29.1 Å². The summed E-state index contributed by atoms with van der Waals surface area (Å²) in [6.07, 6.45) is 4.71. The highest BCUT2D eigenvalue weighted by Gasteiger charge is 2.17. The molecule has 0 atom stereocenters. The van der Waals surface area contributed by atoms with Gasteiger partial charge < -0.3 is 10.6 Å². The van der Waals surface area contributed by atoms with Gasteiger partial charge in [-0.1, -0.05) is 30.5 Å². The Balaban J connectivity index is 1.78. The van der Waals surface area contributed by atoms with Crippen LogP contribution in [-0.2, 0) is 0 Å². The number of hydrogen-bond donors (Lipinski definition) is 2. The van der Waals surface area contributed by atoms with Crippen LogP contribution >= 0.6 is 11.6 Å². The van der Waals surface area contributed by atoms with Crippen molar-refractivity contribution in [2.45, 2.75) is 45.6 Å². The van der Waals surface area contributed by atoms with Crippen molar-refractivity contribution in [3.8, 4) is 0 Å². The van der Waals surface area contributed by atoms with Gasteiger partial charge in [0.2, 0.25) is 5.95 Å². The molecule has 1 aliphatic rings. The molecule has 1 aromatic carbocycles. The predicted octanol–water partition coefficient (Wildman–Crippen LogP) is 4.35. The molecule has 0 saturated heterocycles. The highest BCUT2D eigenvalue weighted by atomic mass is 35.5. The van der Waals surface area contributed by atoms with E-state index >= 15 is 0 Å². The lowest BCUT2D eigenvalue weighted by Crippen LogP contribution is -2.20. The van der Waals surface area contributed by atoms with Gasteiger partial charge in [0.15, 0.2) is 0 Å². The minimum Gasteiger partial charge on any atom is -0.351 e. The van der Waals surface area contributed by atoms with Crippen LogP contribution in [-0.4, -0.2) is 21.9 Å². The summed E-state index contributed by atoms with van der Waals surface area (Å²) in [6, 6.07) is 7.49. The zero-order valence-electron chi connectivity index (χ0n) is 13.9. The molecular formula is C18H21ClN4O. The number of rotatable bonds is 4. The molecule has 5 nitrogen and oxygen atoms in total. The summed E-state index contributed by atoms with van der Waals surface area (Å²) in [5.41, 5.74) is 2.75. The molecule has 2 N–H and O–H groups in total. The van der Waals surface area contributed by atoms with Crippen molar-refractivity contribution in [2.24, 2.45) is 0 Å². The first-order valence-electron chi connectivity index (χ1n) is 8.21. The largest absolute Gasteiger partial charge is 0.351 e. The number of halogens is 1. The number of nitrogens with one attached hydrogen (secondary N) is 2. The van der Waals surface area contributed by atoms with Gasteiger partial charge in [0.1, 0.15) is 5.69 Å². The summed E-state index contributed by atoms with van der Waals surface area (Å²) in [6.45, 7) is 3.78. The lowest BCUT2D eigenvalue weighted by Gasteiger charge is -2.13. The molecule has 1 fully saturated rings. The molecule has 3 rings (SSSR count). The van der Waals surface area contributed by atoms with E-state index in [-0.39, 0.29) is 5.91 Å². The minimum absolute atomic E-state index is 0.264. The predicted molar refractivity (Wildman–Crippen MR) is 96.8 cm³/mol. The van der Waals surface area contributed by atoms with Gasteiger partial charge in [-0.05, 0) is 50.5 Å². The molecule has 0 aliphatic heterocycles. The van der Waals surface area contributed by atoms with E-state index in [1.54, 1.807) is 18.2 Å². The molecule has 6 heteroatoms. The SMILES string of the molecule is Cc1cc(C(=O)Nc2cc(Cl)ccc2C)nc(NC2CCCC2)n1. The van der Waals surface area contributed by atoms with Crippen LogP contribution in [0, 0.1) is 13.8 Å². The maximum Gasteiger partial charge on any atom is 0.274 e. The summed E-state index contributed by atoms with van der Waals surface area (Å²) < 4.78 is 0. The first-order valence-corrected chi connectivity index (χ1v) is 8.59. The summed E-state index contributed by atoms with van der Waals surface area (Å²) in [5.74, 6) is 0.259. The second-order valence-corrected chi connectivity index (χ2v) is 6.69. The third kappa shape index (κ3) is 4.03. The van der Waals surface area contributed by atoms with Crippen molar-refractivity contribution in [1.82, 2.24) is 9.97 Å². The highest BCUT2D eigenvalue weighted by Crippen LogP contribution is 2.22. The molecule has 126 valence electrons. The molecule has 0 radical (unpaired) electrons. The Hall–Kier alpha value is -2.14. The Morgan fingerprint density at radius 1 is 1.17 bits per heavy atom. The van der Waals surface area contributed by atoms with Crippen molar-refractivity contribution in [3.05, 3.63) is 46.2 Å². The first-order chi connectivity index (χ1) is 11.5. The number of benzene rings is 1. The van der Waals surface area contributed by atoms with Gasteiger partial charge in [-0.3, -0.25) is 4.79 Å². The topological polar surface area (TPSA) is 66.9 Å². The standard InChI is InChI=1S/C18H21ClN4O/c1-11-7-8-13(19)10-15(11)22-17(24)16-9-12(2)20-18(23-16)21-14-5-3-4-6-14/h7-10,14H,3-6H2,1-2H3,(H,22,24)(H,20,21,23). The van der Waals surface area contributed by atoms with Crippen molar-refractivity contribution in [3.63, 3.8) is 0 Å². The quantitative estimate of drug-likeness (QED) is 0.865. The smallest absolute Gasteiger partial charge is 0.274 e. The van der Waals surface area contributed by atoms with Crippen LogP contribution in [0.4, 0.5) is 11.6 Å². The maximum absolute atomic E-state index is 12.5. The highest BCUT2D eigenvalue weighted by molar-refractivity contribution is 6.31. The minimum atomic E-state index is -0.264. The van der Waals surface area contributed by atoms with Crippen LogP contribution in [0.15, 0.2) is 24.3 Å². The van der Waals surface area contributed by atoms with E-state index in [0.29, 0.717) is 28.4 Å². The molecule has 24 heavy (non-hydrogen) atoms. The number of anilines is 2. The Labute approximate surface area is 146 Å². The number of aryl methyl sites for hydroxylation is 2. The Bertz CT molecular complexity index is 757. The third-order valence-electron chi connectivity index (χ3n) is 4.22. The fourth-order valence-electron chi connectivity index (χ4n) is 2.92. The van der Waals surface area contributed by atoms with Crippen molar-refractivity contribution in [2.75, 3.05) is 10.6 Å². The number of hydrogen-bond acceptors (Lipinski definition) is 4. The van der Waals surface area contributed by atoms with Gasteiger partial charge in [-0.2, -0.15) is 0 Å². The number of carbonyl (C=O) groups excluding carboxylic acids is 1. The van der Waals surface area contributed by atoms with E-state index in [2.05, 4.69) is 20.6 Å². The molecule has 1 aliphatic carbocycles. The number of carbonyl (C=O) groups is 1. The number of amides is 1. The molecule has 1 saturated carbocycles. The maximum atomic E-state index is 12.5. The van der Waals surface area contributed by atoms with Gasteiger partial charge in [0.25, 0.3) is 5.91 Å². The summed E-state index contributed by atoms with van der Waals surface area (Å²) in [7, 11) is 0. The van der Waals surface area contributed by atoms with Crippen LogP contribution in [0.1, 0.15) is 47.4 Å². The molecule has 2 aromatic rings. The zero-order valence-corrected chi connectivity index (χ0v) is 14.7. The van der Waals surface area contributed by atoms with E-state index in [9.17, 15) is 4.79 Å². The van der Waals surface area contributed by atoms with Gasteiger partial charge >= 0.3 is 0 Å². The lowest BCUT2D eigenvalue weighted by atomic mass is 10.2. The van der Waals surface area contributed by atoms with E-state index in [1.165, 1.54) is 12.8 Å². The van der Waals surface area contributed by atoms with Gasteiger partial charge in [-0.15, -0.1) is 0 Å². The van der Waals surface area contributed by atoms with Gasteiger partial charge in [-0.25, -0.2) is 9.97 Å². The Kier molecular flexibility index (Phi) is 5.00. The lowest BCUT2D eigenvalue weighted by molar-refractivity contribution is 0.102. The zero-order chi connectivity index (χ0) is 17.1. The average Bonchev–Trinajstić information content (AvgIpc) is 3.03. The monoisotopic (exact) mass is 344 g/mol.